The van der Waals surface area contributed by atoms with Crippen molar-refractivity contribution >= 4 is 21.6 Å². The van der Waals surface area contributed by atoms with Crippen LogP contribution in [0.25, 0.3) is 0 Å². The number of amides is 1. The van der Waals surface area contributed by atoms with E-state index in [0.29, 0.717) is 25.1 Å². The number of nitrogens with zero attached hydrogens (tertiary/aromatic N) is 2. The summed E-state index contributed by atoms with van der Waals surface area (Å²) >= 11 is 0. The highest BCUT2D eigenvalue weighted by Gasteiger charge is 2.41. The second-order valence-corrected chi connectivity index (χ2v) is 8.25. The lowest BCUT2D eigenvalue weighted by Gasteiger charge is -2.23. The van der Waals surface area contributed by atoms with Gasteiger partial charge in [-0.2, -0.15) is 4.31 Å². The molecule has 0 bridgehead atoms. The molecule has 1 fully saturated rings. The van der Waals surface area contributed by atoms with Gasteiger partial charge in [0, 0.05) is 12.2 Å². The van der Waals surface area contributed by atoms with Gasteiger partial charge in [0.05, 0.1) is 0 Å². The van der Waals surface area contributed by atoms with Crippen LogP contribution in [0, 0.1) is 13.8 Å². The van der Waals surface area contributed by atoms with Crippen LogP contribution in [0.5, 0.6) is 0 Å². The molecule has 3 rings (SSSR count). The Balaban J connectivity index is 1.87. The maximum atomic E-state index is 13.1. The van der Waals surface area contributed by atoms with Gasteiger partial charge in [-0.1, -0.05) is 30.3 Å². The van der Waals surface area contributed by atoms with E-state index < -0.39 is 16.1 Å². The van der Waals surface area contributed by atoms with Crippen LogP contribution in [-0.2, 0) is 21.2 Å². The molecule has 1 aliphatic heterocycles. The molecular formula is C18H23N3O4S. The highest BCUT2D eigenvalue weighted by Crippen LogP contribution is 2.30. The van der Waals surface area contributed by atoms with E-state index in [1.54, 1.807) is 13.8 Å². The van der Waals surface area contributed by atoms with Crippen LogP contribution in [0.15, 0.2) is 33.7 Å². The molecule has 1 unspecified atom stereocenters. The first-order valence-corrected chi connectivity index (χ1v) is 10.1. The quantitative estimate of drug-likeness (QED) is 0.865. The second kappa shape index (κ2) is 7.20. The molecule has 2 aromatic rings. The Kier molecular flexibility index (Phi) is 5.15. The smallest absolute Gasteiger partial charge is 0.249 e. The second-order valence-electron chi connectivity index (χ2n) is 6.43. The van der Waals surface area contributed by atoms with Crippen LogP contribution in [0.3, 0.4) is 0 Å². The molecule has 2 heterocycles. The number of benzene rings is 1. The fraction of sp³-hybridized carbons (Fsp3) is 0.444. The molecule has 0 radical (unpaired) electrons. The summed E-state index contributed by atoms with van der Waals surface area (Å²) in [6, 6.07) is 6.81. The minimum atomic E-state index is -3.84. The van der Waals surface area contributed by atoms with Crippen LogP contribution >= 0.6 is 0 Å². The standard InChI is InChI=1S/C18H23N3O4S/c1-4-14-8-5-6-9-15(14)19-18(22)16-10-7-11-21(16)26(23,24)17-12(2)20-25-13(17)3/h5-6,8-9,16H,4,7,10-11H2,1-3H3,(H,19,22). The Morgan fingerprint density at radius 2 is 2.08 bits per heavy atom. The van der Waals surface area contributed by atoms with Crippen LogP contribution in [0.1, 0.15) is 36.8 Å². The van der Waals surface area contributed by atoms with E-state index in [1.807, 2.05) is 31.2 Å². The van der Waals surface area contributed by atoms with Crippen LogP contribution in [0.2, 0.25) is 0 Å². The molecule has 1 N–H and O–H groups in total. The summed E-state index contributed by atoms with van der Waals surface area (Å²) in [6.45, 7) is 5.47. The van der Waals surface area contributed by atoms with Gasteiger partial charge in [0.15, 0.2) is 5.76 Å². The summed E-state index contributed by atoms with van der Waals surface area (Å²) in [6.07, 6.45) is 1.90. The first-order chi connectivity index (χ1) is 12.4. The van der Waals surface area contributed by atoms with Gasteiger partial charge in [0.2, 0.25) is 15.9 Å². The van der Waals surface area contributed by atoms with E-state index in [9.17, 15) is 13.2 Å². The highest BCUT2D eigenvalue weighted by molar-refractivity contribution is 7.89. The van der Waals surface area contributed by atoms with Crippen molar-refractivity contribution in [3.8, 4) is 0 Å². The van der Waals surface area contributed by atoms with Crippen molar-refractivity contribution in [2.45, 2.75) is 51.0 Å². The summed E-state index contributed by atoms with van der Waals surface area (Å²) in [5, 5.41) is 6.63. The molecule has 26 heavy (non-hydrogen) atoms. The number of carbonyl (C=O) groups is 1. The Labute approximate surface area is 153 Å². The van der Waals surface area contributed by atoms with Crippen molar-refractivity contribution in [2.24, 2.45) is 0 Å². The molecular weight excluding hydrogens is 354 g/mol. The number of aryl methyl sites for hydroxylation is 3. The minimum Gasteiger partial charge on any atom is -0.360 e. The number of anilines is 1. The predicted molar refractivity (Wildman–Crippen MR) is 97.3 cm³/mol. The van der Waals surface area contributed by atoms with E-state index in [4.69, 9.17) is 4.52 Å². The fourth-order valence-electron chi connectivity index (χ4n) is 3.42. The van der Waals surface area contributed by atoms with Gasteiger partial charge in [0.25, 0.3) is 0 Å². The van der Waals surface area contributed by atoms with Crippen molar-refractivity contribution in [1.29, 1.82) is 0 Å². The minimum absolute atomic E-state index is 0.0613. The lowest BCUT2D eigenvalue weighted by atomic mass is 10.1. The van der Waals surface area contributed by atoms with Crippen LogP contribution in [0.4, 0.5) is 5.69 Å². The van der Waals surface area contributed by atoms with Crippen molar-refractivity contribution in [3.63, 3.8) is 0 Å². The highest BCUT2D eigenvalue weighted by atomic mass is 32.2. The third kappa shape index (κ3) is 3.26. The molecule has 1 aliphatic rings. The first-order valence-electron chi connectivity index (χ1n) is 8.69. The summed E-state index contributed by atoms with van der Waals surface area (Å²) in [7, 11) is -3.84. The zero-order chi connectivity index (χ0) is 18.9. The zero-order valence-electron chi connectivity index (χ0n) is 15.2. The average Bonchev–Trinajstić information content (AvgIpc) is 3.23. The van der Waals surface area contributed by atoms with Crippen molar-refractivity contribution in [1.82, 2.24) is 9.46 Å². The van der Waals surface area contributed by atoms with Crippen molar-refractivity contribution in [2.75, 3.05) is 11.9 Å². The molecule has 8 heteroatoms. The number of para-hydroxylation sites is 1. The molecule has 140 valence electrons. The largest absolute Gasteiger partial charge is 0.360 e. The molecule has 1 amide bonds. The Hall–Kier alpha value is -2.19. The molecule has 1 aromatic heterocycles. The van der Waals surface area contributed by atoms with E-state index in [2.05, 4.69) is 10.5 Å². The lowest BCUT2D eigenvalue weighted by Crippen LogP contribution is -2.43. The molecule has 0 aliphatic carbocycles. The van der Waals surface area contributed by atoms with Crippen molar-refractivity contribution in [3.05, 3.63) is 41.3 Å². The number of aromatic nitrogens is 1. The molecule has 1 saturated heterocycles. The zero-order valence-corrected chi connectivity index (χ0v) is 16.0. The van der Waals surface area contributed by atoms with Crippen LogP contribution < -0.4 is 5.32 Å². The third-order valence-corrected chi connectivity index (χ3v) is 6.85. The molecule has 0 saturated carbocycles. The lowest BCUT2D eigenvalue weighted by molar-refractivity contribution is -0.119. The number of carbonyl (C=O) groups excluding carboxylic acids is 1. The molecule has 7 nitrogen and oxygen atoms in total. The Bertz CT molecular complexity index is 901. The van der Waals surface area contributed by atoms with E-state index >= 15 is 0 Å². The maximum absolute atomic E-state index is 13.1. The first kappa shape index (κ1) is 18.6. The molecule has 1 aromatic carbocycles. The number of sulfonamides is 1. The molecule has 0 spiro atoms. The number of hydrogen-bond acceptors (Lipinski definition) is 5. The third-order valence-electron chi connectivity index (χ3n) is 4.70. The summed E-state index contributed by atoms with van der Waals surface area (Å²) < 4.78 is 32.4. The van der Waals surface area contributed by atoms with Gasteiger partial charge in [-0.3, -0.25) is 4.79 Å². The predicted octanol–water partition coefficient (Wildman–Crippen LogP) is 2.65. The maximum Gasteiger partial charge on any atom is 0.249 e. The summed E-state index contributed by atoms with van der Waals surface area (Å²) in [4.78, 5) is 12.9. The van der Waals surface area contributed by atoms with Gasteiger partial charge >= 0.3 is 0 Å². The van der Waals surface area contributed by atoms with Gasteiger partial charge < -0.3 is 9.84 Å². The fourth-order valence-corrected chi connectivity index (χ4v) is 5.37. The number of hydrogen-bond donors (Lipinski definition) is 1. The number of rotatable bonds is 5. The monoisotopic (exact) mass is 377 g/mol. The van der Waals surface area contributed by atoms with Crippen molar-refractivity contribution < 1.29 is 17.7 Å². The topological polar surface area (TPSA) is 92.5 Å². The summed E-state index contributed by atoms with van der Waals surface area (Å²) in [5.74, 6) is -0.0661. The molecule has 1 atom stereocenters. The van der Waals surface area contributed by atoms with E-state index in [1.165, 1.54) is 4.31 Å². The Morgan fingerprint density at radius 3 is 2.73 bits per heavy atom. The van der Waals surface area contributed by atoms with E-state index in [-0.39, 0.29) is 16.6 Å². The van der Waals surface area contributed by atoms with Gasteiger partial charge in [-0.25, -0.2) is 8.42 Å². The Morgan fingerprint density at radius 1 is 1.35 bits per heavy atom. The average molecular weight is 377 g/mol. The normalized spacial score (nSPS) is 18.2. The SMILES string of the molecule is CCc1ccccc1NC(=O)C1CCCN1S(=O)(=O)c1c(C)noc1C. The van der Waals surface area contributed by atoms with Gasteiger partial charge in [-0.15, -0.1) is 0 Å². The van der Waals surface area contributed by atoms with Crippen LogP contribution in [-0.4, -0.2) is 36.4 Å². The van der Waals surface area contributed by atoms with Gasteiger partial charge in [0.1, 0.15) is 16.6 Å². The summed E-state index contributed by atoms with van der Waals surface area (Å²) in [5.41, 5.74) is 2.05. The number of nitrogens with one attached hydrogen (secondary N) is 1. The van der Waals surface area contributed by atoms with E-state index in [0.717, 1.165) is 17.7 Å². The van der Waals surface area contributed by atoms with Gasteiger partial charge in [-0.05, 0) is 44.7 Å².